The summed E-state index contributed by atoms with van der Waals surface area (Å²) in [5.41, 5.74) is 1.14. The average Bonchev–Trinajstić information content (AvgIpc) is 3.04. The van der Waals surface area contributed by atoms with Crippen LogP contribution in [0.15, 0.2) is 24.4 Å². The van der Waals surface area contributed by atoms with Gasteiger partial charge in [-0.05, 0) is 57.0 Å². The number of piperidine rings is 2. The lowest BCUT2D eigenvalue weighted by molar-refractivity contribution is -0.140. The van der Waals surface area contributed by atoms with Crippen molar-refractivity contribution in [1.29, 1.82) is 0 Å². The Labute approximate surface area is 152 Å². The third-order valence-corrected chi connectivity index (χ3v) is 5.75. The number of amides is 2. The molecule has 2 amide bonds. The predicted octanol–water partition coefficient (Wildman–Crippen LogP) is 1.60. The van der Waals surface area contributed by atoms with Gasteiger partial charge >= 0.3 is 0 Å². The van der Waals surface area contributed by atoms with Gasteiger partial charge in [0.15, 0.2) is 0 Å². The van der Waals surface area contributed by atoms with E-state index in [1.807, 2.05) is 19.1 Å². The van der Waals surface area contributed by atoms with Gasteiger partial charge in [-0.2, -0.15) is 5.10 Å². The summed E-state index contributed by atoms with van der Waals surface area (Å²) in [5.74, 6) is 0.0700. The highest BCUT2D eigenvalue weighted by molar-refractivity contribution is 6.02. The van der Waals surface area contributed by atoms with Crippen LogP contribution in [0.3, 0.4) is 0 Å². The maximum Gasteiger partial charge on any atom is 0.254 e. The van der Waals surface area contributed by atoms with Gasteiger partial charge in [0, 0.05) is 23.5 Å². The fourth-order valence-electron chi connectivity index (χ4n) is 3.95. The van der Waals surface area contributed by atoms with Crippen molar-refractivity contribution in [2.24, 2.45) is 5.92 Å². The molecule has 7 heteroatoms. The van der Waals surface area contributed by atoms with Gasteiger partial charge < -0.3 is 10.6 Å². The summed E-state index contributed by atoms with van der Waals surface area (Å²) < 4.78 is 1.75. The second-order valence-electron chi connectivity index (χ2n) is 7.70. The van der Waals surface area contributed by atoms with E-state index in [2.05, 4.69) is 34.0 Å². The Bertz CT molecular complexity index is 861. The minimum absolute atomic E-state index is 0.216. The molecule has 4 rings (SSSR count). The van der Waals surface area contributed by atoms with E-state index in [4.69, 9.17) is 0 Å². The topological polar surface area (TPSA) is 88.1 Å². The van der Waals surface area contributed by atoms with E-state index in [9.17, 15) is 9.59 Å². The van der Waals surface area contributed by atoms with Crippen LogP contribution in [0.2, 0.25) is 0 Å². The third-order valence-electron chi connectivity index (χ3n) is 5.75. The minimum Gasteiger partial charge on any atom is -0.382 e. The number of carbonyl (C=O) groups is 2. The average molecular weight is 355 g/mol. The molecule has 2 fully saturated rings. The minimum atomic E-state index is -0.839. The smallest absolute Gasteiger partial charge is 0.254 e. The summed E-state index contributed by atoms with van der Waals surface area (Å²) in [6.45, 7) is 6.16. The molecular formula is C19H25N5O2. The second-order valence-corrected chi connectivity index (χ2v) is 7.70. The van der Waals surface area contributed by atoms with E-state index in [-0.39, 0.29) is 11.8 Å². The number of nitrogens with one attached hydrogen (secondary N) is 3. The van der Waals surface area contributed by atoms with E-state index >= 15 is 0 Å². The van der Waals surface area contributed by atoms with Crippen molar-refractivity contribution in [2.45, 2.75) is 44.7 Å². The first-order chi connectivity index (χ1) is 12.5. The van der Waals surface area contributed by atoms with Gasteiger partial charge in [0.2, 0.25) is 5.91 Å². The molecule has 0 radical (unpaired) electrons. The molecular weight excluding hydrogens is 330 g/mol. The Morgan fingerprint density at radius 3 is 2.96 bits per heavy atom. The molecule has 3 N–H and O–H groups in total. The number of carbonyl (C=O) groups excluding carboxylic acids is 2. The highest BCUT2D eigenvalue weighted by atomic mass is 16.2. The van der Waals surface area contributed by atoms with Crippen LogP contribution in [0.1, 0.15) is 33.1 Å². The highest BCUT2D eigenvalue weighted by Crippen LogP contribution is 2.31. The lowest BCUT2D eigenvalue weighted by Gasteiger charge is -2.32. The lowest BCUT2D eigenvalue weighted by Crippen LogP contribution is -2.53. The molecule has 0 spiro atoms. The molecule has 2 saturated heterocycles. The van der Waals surface area contributed by atoms with Crippen LogP contribution in [-0.4, -0.2) is 40.7 Å². The molecule has 1 aromatic heterocycles. The van der Waals surface area contributed by atoms with Crippen LogP contribution in [0.5, 0.6) is 0 Å². The number of fused-ring (bicyclic) bond motifs is 1. The van der Waals surface area contributed by atoms with Crippen LogP contribution in [-0.2, 0) is 15.1 Å². The fourth-order valence-corrected chi connectivity index (χ4v) is 3.95. The van der Waals surface area contributed by atoms with Crippen LogP contribution >= 0.6 is 0 Å². The zero-order chi connectivity index (χ0) is 18.3. The van der Waals surface area contributed by atoms with Crippen molar-refractivity contribution in [3.8, 4) is 0 Å². The summed E-state index contributed by atoms with van der Waals surface area (Å²) in [6, 6.07) is 6.59. The monoisotopic (exact) mass is 355 g/mol. The Kier molecular flexibility index (Phi) is 4.19. The Hall–Kier alpha value is -2.41. The van der Waals surface area contributed by atoms with E-state index in [1.165, 1.54) is 0 Å². The van der Waals surface area contributed by atoms with Crippen molar-refractivity contribution in [3.63, 3.8) is 0 Å². The largest absolute Gasteiger partial charge is 0.382 e. The van der Waals surface area contributed by atoms with Gasteiger partial charge in [-0.3, -0.25) is 14.9 Å². The van der Waals surface area contributed by atoms with E-state index in [0.717, 1.165) is 36.1 Å². The zero-order valence-corrected chi connectivity index (χ0v) is 15.2. The van der Waals surface area contributed by atoms with Crippen LogP contribution in [0.4, 0.5) is 5.69 Å². The maximum absolute atomic E-state index is 12.4. The van der Waals surface area contributed by atoms with E-state index < -0.39 is 5.54 Å². The van der Waals surface area contributed by atoms with Gasteiger partial charge in [0.1, 0.15) is 5.54 Å². The Morgan fingerprint density at radius 1 is 1.35 bits per heavy atom. The van der Waals surface area contributed by atoms with Gasteiger partial charge in [0.25, 0.3) is 5.91 Å². The maximum atomic E-state index is 12.4. The van der Waals surface area contributed by atoms with Crippen molar-refractivity contribution >= 4 is 28.4 Å². The molecule has 0 bridgehead atoms. The van der Waals surface area contributed by atoms with Gasteiger partial charge in [-0.15, -0.1) is 0 Å². The van der Waals surface area contributed by atoms with Crippen LogP contribution < -0.4 is 16.0 Å². The summed E-state index contributed by atoms with van der Waals surface area (Å²) in [5, 5.41) is 15.0. The molecule has 138 valence electrons. The number of benzene rings is 1. The summed E-state index contributed by atoms with van der Waals surface area (Å²) in [4.78, 5) is 23.9. The Morgan fingerprint density at radius 2 is 2.19 bits per heavy atom. The molecule has 26 heavy (non-hydrogen) atoms. The second kappa shape index (κ2) is 6.39. The number of rotatable bonds is 3. The molecule has 1 unspecified atom stereocenters. The van der Waals surface area contributed by atoms with Gasteiger partial charge in [0.05, 0.1) is 11.7 Å². The zero-order valence-electron chi connectivity index (χ0n) is 15.2. The molecule has 2 aromatic rings. The normalized spacial score (nSPS) is 29.6. The molecule has 0 aliphatic carbocycles. The highest BCUT2D eigenvalue weighted by Gasteiger charge is 2.41. The van der Waals surface area contributed by atoms with Crippen LogP contribution in [0.25, 0.3) is 10.9 Å². The Balaban J connectivity index is 1.61. The van der Waals surface area contributed by atoms with Gasteiger partial charge in [-0.1, -0.05) is 6.92 Å². The van der Waals surface area contributed by atoms with Crippen molar-refractivity contribution in [3.05, 3.63) is 24.4 Å². The SMILES string of the molecule is C[C@@H]1CNCC[C@H]1Nc1ccc2c(cnn2C2(C)CCC(=O)NC2=O)c1. The number of anilines is 1. The third kappa shape index (κ3) is 2.86. The first kappa shape index (κ1) is 17.0. The number of hydrogen-bond donors (Lipinski definition) is 3. The molecule has 3 atom stereocenters. The van der Waals surface area contributed by atoms with E-state index in [1.54, 1.807) is 10.9 Å². The molecule has 1 aromatic carbocycles. The summed E-state index contributed by atoms with van der Waals surface area (Å²) in [7, 11) is 0. The van der Waals surface area contributed by atoms with Gasteiger partial charge in [-0.25, -0.2) is 4.68 Å². The first-order valence-corrected chi connectivity index (χ1v) is 9.27. The number of aromatic nitrogens is 2. The summed E-state index contributed by atoms with van der Waals surface area (Å²) >= 11 is 0. The molecule has 3 heterocycles. The standard InChI is InChI=1S/C19H25N5O2/c1-12-10-20-8-6-15(12)22-14-3-4-16-13(9-14)11-21-24(16)19(2)7-5-17(25)23-18(19)26/h3-4,9,11-12,15,20,22H,5-8,10H2,1-2H3,(H,23,25,26)/t12-,15-,19?/m1/s1. The van der Waals surface area contributed by atoms with Crippen molar-refractivity contribution in [1.82, 2.24) is 20.4 Å². The van der Waals surface area contributed by atoms with E-state index in [0.29, 0.717) is 24.8 Å². The molecule has 0 saturated carbocycles. The number of imide groups is 1. The summed E-state index contributed by atoms with van der Waals surface area (Å²) in [6.07, 6.45) is 3.68. The van der Waals surface area contributed by atoms with Crippen molar-refractivity contribution in [2.75, 3.05) is 18.4 Å². The molecule has 2 aliphatic heterocycles. The van der Waals surface area contributed by atoms with Crippen molar-refractivity contribution < 1.29 is 9.59 Å². The fraction of sp³-hybridized carbons (Fsp3) is 0.526. The lowest BCUT2D eigenvalue weighted by atomic mass is 9.91. The number of hydrogen-bond acceptors (Lipinski definition) is 5. The predicted molar refractivity (Wildman–Crippen MR) is 99.8 cm³/mol. The molecule has 2 aliphatic rings. The molecule has 7 nitrogen and oxygen atoms in total. The first-order valence-electron chi connectivity index (χ1n) is 9.27. The number of nitrogens with zero attached hydrogens (tertiary/aromatic N) is 2. The van der Waals surface area contributed by atoms with Crippen LogP contribution in [0, 0.1) is 5.92 Å². The quantitative estimate of drug-likeness (QED) is 0.728.